The first-order valence-electron chi connectivity index (χ1n) is 15.1. The van der Waals surface area contributed by atoms with E-state index in [9.17, 15) is 29.4 Å². The predicted molar refractivity (Wildman–Crippen MR) is 164 cm³/mol. The molecule has 12 heteroatoms. The van der Waals surface area contributed by atoms with E-state index in [1.165, 1.54) is 30.6 Å². The van der Waals surface area contributed by atoms with Gasteiger partial charge in [-0.3, -0.25) is 19.4 Å². The average Bonchev–Trinajstić information content (AvgIpc) is 3.32. The van der Waals surface area contributed by atoms with Gasteiger partial charge in [0.1, 0.15) is 23.7 Å². The highest BCUT2D eigenvalue weighted by Crippen LogP contribution is 2.35. The molecule has 42 heavy (non-hydrogen) atoms. The summed E-state index contributed by atoms with van der Waals surface area (Å²) in [6.45, 7) is 14.0. The number of thioether (sulfide) groups is 1. The van der Waals surface area contributed by atoms with Crippen LogP contribution in [0.25, 0.3) is 0 Å². The van der Waals surface area contributed by atoms with Crippen molar-refractivity contribution in [2.75, 3.05) is 19.4 Å². The SMILES string of the molecule is CCCC(O)CCC(C)C1OC(=O)C(C)NC(=O)C(C(C)CCO)N(C)C(=O)C2(C)CSC(=N2)C(C)NC(=O)C1(C)C. The van der Waals surface area contributed by atoms with Gasteiger partial charge in [0, 0.05) is 19.4 Å². The summed E-state index contributed by atoms with van der Waals surface area (Å²) in [4.78, 5) is 60.6. The summed E-state index contributed by atoms with van der Waals surface area (Å²) in [6.07, 6.45) is 1.47. The first kappa shape index (κ1) is 36.0. The zero-order valence-corrected chi connectivity index (χ0v) is 27.5. The number of nitrogens with one attached hydrogen (secondary N) is 2. The number of cyclic esters (lactones) is 1. The van der Waals surface area contributed by atoms with E-state index in [0.29, 0.717) is 30.1 Å². The molecule has 2 aliphatic rings. The number of rotatable bonds is 9. The number of fused-ring (bicyclic) bond motifs is 1. The number of esters is 1. The van der Waals surface area contributed by atoms with Gasteiger partial charge in [-0.15, -0.1) is 11.8 Å². The molecule has 2 heterocycles. The second-order valence-electron chi connectivity index (χ2n) is 12.9. The fourth-order valence-corrected chi connectivity index (χ4v) is 6.95. The van der Waals surface area contributed by atoms with Crippen molar-refractivity contribution in [3.8, 4) is 0 Å². The Kier molecular flexibility index (Phi) is 12.9. The van der Waals surface area contributed by atoms with Gasteiger partial charge in [-0.05, 0) is 72.1 Å². The lowest BCUT2D eigenvalue weighted by molar-refractivity contribution is -0.167. The van der Waals surface area contributed by atoms with Crippen LogP contribution in [0.4, 0.5) is 0 Å². The molecule has 0 aliphatic carbocycles. The van der Waals surface area contributed by atoms with Crippen LogP contribution in [0.3, 0.4) is 0 Å². The largest absolute Gasteiger partial charge is 0.459 e. The van der Waals surface area contributed by atoms with Crippen LogP contribution in [-0.2, 0) is 23.9 Å². The van der Waals surface area contributed by atoms with Crippen LogP contribution in [0.5, 0.6) is 0 Å². The molecule has 0 aromatic rings. The van der Waals surface area contributed by atoms with Crippen LogP contribution in [0.1, 0.15) is 87.5 Å². The van der Waals surface area contributed by atoms with Crippen LogP contribution < -0.4 is 10.6 Å². The lowest BCUT2D eigenvalue weighted by Crippen LogP contribution is -2.58. The normalized spacial score (nSPS) is 31.5. The molecule has 2 bridgehead atoms. The molecular weight excluding hydrogens is 560 g/mol. The highest BCUT2D eigenvalue weighted by atomic mass is 32.2. The zero-order valence-electron chi connectivity index (χ0n) is 26.7. The van der Waals surface area contributed by atoms with Gasteiger partial charge in [0.05, 0.1) is 22.6 Å². The van der Waals surface area contributed by atoms with Crippen molar-refractivity contribution in [3.63, 3.8) is 0 Å². The van der Waals surface area contributed by atoms with Gasteiger partial charge < -0.3 is 30.5 Å². The molecule has 0 saturated carbocycles. The van der Waals surface area contributed by atoms with E-state index in [4.69, 9.17) is 9.73 Å². The van der Waals surface area contributed by atoms with Gasteiger partial charge >= 0.3 is 5.97 Å². The fourth-order valence-electron chi connectivity index (χ4n) is 5.75. The molecule has 4 N–H and O–H groups in total. The molecule has 11 nitrogen and oxygen atoms in total. The molecule has 8 unspecified atom stereocenters. The second-order valence-corrected chi connectivity index (χ2v) is 13.9. The van der Waals surface area contributed by atoms with Gasteiger partial charge in [-0.1, -0.05) is 27.2 Å². The standard InChI is InChI=1S/C30H52N4O7S/c1-10-11-21(36)13-12-18(3)23-29(6,7)27(39)32-19(4)25-33-30(8,16-42-25)28(40)34(9)22(17(2)14-15-35)24(37)31-20(5)26(38)41-23/h17-23,35-36H,10-16H2,1-9H3,(H,31,37)(H,32,39). The summed E-state index contributed by atoms with van der Waals surface area (Å²) in [5.41, 5.74) is -2.32. The lowest BCUT2D eigenvalue weighted by Gasteiger charge is -2.38. The topological polar surface area (TPSA) is 158 Å². The van der Waals surface area contributed by atoms with Gasteiger partial charge in [0.25, 0.3) is 5.91 Å². The maximum absolute atomic E-state index is 13.7. The minimum Gasteiger partial charge on any atom is -0.459 e. The quantitative estimate of drug-likeness (QED) is 0.289. The van der Waals surface area contributed by atoms with Crippen LogP contribution >= 0.6 is 11.8 Å². The highest BCUT2D eigenvalue weighted by molar-refractivity contribution is 8.14. The molecule has 240 valence electrons. The van der Waals surface area contributed by atoms with Crippen molar-refractivity contribution in [3.05, 3.63) is 0 Å². The number of likely N-dealkylation sites (N-methyl/N-ethyl adjacent to an activating group) is 1. The Balaban J connectivity index is 2.54. The Morgan fingerprint density at radius 3 is 2.26 bits per heavy atom. The van der Waals surface area contributed by atoms with E-state index in [0.717, 1.165) is 6.42 Å². The van der Waals surface area contributed by atoms with Crippen LogP contribution in [0.2, 0.25) is 0 Å². The number of ether oxygens (including phenoxy) is 1. The Morgan fingerprint density at radius 2 is 1.67 bits per heavy atom. The third-order valence-electron chi connectivity index (χ3n) is 8.51. The van der Waals surface area contributed by atoms with Crippen molar-refractivity contribution in [2.24, 2.45) is 22.2 Å². The third-order valence-corrected chi connectivity index (χ3v) is 9.96. The van der Waals surface area contributed by atoms with Crippen molar-refractivity contribution < 1.29 is 34.1 Å². The minimum absolute atomic E-state index is 0.168. The average molecular weight is 613 g/mol. The number of hydrogen-bond acceptors (Lipinski definition) is 9. The molecule has 0 aromatic carbocycles. The van der Waals surface area contributed by atoms with Gasteiger partial charge in [0.2, 0.25) is 11.8 Å². The number of carbonyl (C=O) groups is 4. The number of amides is 3. The van der Waals surface area contributed by atoms with Crippen molar-refractivity contribution in [1.82, 2.24) is 15.5 Å². The highest BCUT2D eigenvalue weighted by Gasteiger charge is 2.47. The molecule has 8 atom stereocenters. The number of nitrogens with zero attached hydrogens (tertiary/aromatic N) is 2. The van der Waals surface area contributed by atoms with Crippen LogP contribution in [0, 0.1) is 17.3 Å². The summed E-state index contributed by atoms with van der Waals surface area (Å²) >= 11 is 1.38. The smallest absolute Gasteiger partial charge is 0.328 e. The van der Waals surface area contributed by atoms with Crippen molar-refractivity contribution in [1.29, 1.82) is 0 Å². The number of aliphatic hydroxyl groups is 2. The molecule has 2 aliphatic heterocycles. The molecule has 0 aromatic heterocycles. The van der Waals surface area contributed by atoms with Gasteiger partial charge in [0.15, 0.2) is 0 Å². The summed E-state index contributed by atoms with van der Waals surface area (Å²) < 4.78 is 6.00. The summed E-state index contributed by atoms with van der Waals surface area (Å²) in [5.74, 6) is -2.29. The van der Waals surface area contributed by atoms with Gasteiger partial charge in [-0.25, -0.2) is 4.79 Å². The first-order chi connectivity index (χ1) is 19.5. The number of hydrogen-bond donors (Lipinski definition) is 4. The second kappa shape index (κ2) is 15.0. The van der Waals surface area contributed by atoms with E-state index in [1.807, 2.05) is 13.8 Å². The Labute approximate surface area is 255 Å². The molecule has 0 fully saturated rings. The summed E-state index contributed by atoms with van der Waals surface area (Å²) in [6, 6.07) is -2.53. The van der Waals surface area contributed by atoms with E-state index in [-0.39, 0.29) is 30.8 Å². The summed E-state index contributed by atoms with van der Waals surface area (Å²) in [5, 5.41) is 26.2. The number of carbonyl (C=O) groups excluding carboxylic acids is 4. The van der Waals surface area contributed by atoms with Crippen molar-refractivity contribution >= 4 is 40.5 Å². The van der Waals surface area contributed by atoms with E-state index < -0.39 is 59.1 Å². The fraction of sp³-hybridized carbons (Fsp3) is 0.833. The third kappa shape index (κ3) is 8.47. The van der Waals surface area contributed by atoms with Crippen LogP contribution in [0.15, 0.2) is 4.99 Å². The predicted octanol–water partition coefficient (Wildman–Crippen LogP) is 2.27. The molecule has 2 rings (SSSR count). The Morgan fingerprint density at radius 1 is 1.02 bits per heavy atom. The number of aliphatic hydroxyl groups excluding tert-OH is 2. The molecular formula is C30H52N4O7S. The van der Waals surface area contributed by atoms with Gasteiger partial charge in [-0.2, -0.15) is 0 Å². The minimum atomic E-state index is -1.17. The lowest BCUT2D eigenvalue weighted by atomic mass is 9.77. The van der Waals surface area contributed by atoms with E-state index in [1.54, 1.807) is 34.6 Å². The van der Waals surface area contributed by atoms with Crippen molar-refractivity contribution in [2.45, 2.75) is 123 Å². The first-order valence-corrected chi connectivity index (χ1v) is 16.1. The summed E-state index contributed by atoms with van der Waals surface area (Å²) in [7, 11) is 1.54. The maximum atomic E-state index is 13.7. The van der Waals surface area contributed by atoms with Crippen LogP contribution in [-0.4, -0.2) is 99.1 Å². The Bertz CT molecular complexity index is 1020. The Hall–Kier alpha value is -2.18. The van der Waals surface area contributed by atoms with E-state index in [2.05, 4.69) is 10.6 Å². The molecule has 3 amide bonds. The monoisotopic (exact) mass is 612 g/mol. The zero-order chi connectivity index (χ0) is 32.0. The molecule has 0 radical (unpaired) electrons. The molecule has 0 saturated heterocycles. The number of aliphatic imine (C=N–C) groups is 1. The molecule has 0 spiro atoms. The maximum Gasteiger partial charge on any atom is 0.328 e. The van der Waals surface area contributed by atoms with E-state index >= 15 is 0 Å².